The molecule has 0 saturated carbocycles. The molecular formula is C14H16N2O2S. The van der Waals surface area contributed by atoms with Crippen LogP contribution in [0, 0.1) is 0 Å². The lowest BCUT2D eigenvalue weighted by Gasteiger charge is -2.12. The molecule has 0 radical (unpaired) electrons. The summed E-state index contributed by atoms with van der Waals surface area (Å²) in [5, 5.41) is 0.429. The first-order chi connectivity index (χ1) is 9.19. The number of thioether (sulfide) groups is 1. The van der Waals surface area contributed by atoms with Gasteiger partial charge in [-0.2, -0.15) is 0 Å². The molecule has 0 saturated heterocycles. The number of methoxy groups -OCH3 is 1. The van der Waals surface area contributed by atoms with Crippen LogP contribution in [0.25, 0.3) is 0 Å². The Kier molecular flexibility index (Phi) is 4.63. The largest absolute Gasteiger partial charge is 0.465 e. The molecule has 2 aromatic rings. The van der Waals surface area contributed by atoms with E-state index < -0.39 is 0 Å². The molecule has 1 unspecified atom stereocenters. The first-order valence-electron chi connectivity index (χ1n) is 6.00. The van der Waals surface area contributed by atoms with Gasteiger partial charge in [-0.05, 0) is 24.3 Å². The molecule has 0 aliphatic rings. The number of hydrogen-bond donors (Lipinski definition) is 0. The molecule has 100 valence electrons. The maximum atomic E-state index is 11.3. The third-order valence-corrected chi connectivity index (χ3v) is 3.74. The highest BCUT2D eigenvalue weighted by Gasteiger charge is 2.08. The van der Waals surface area contributed by atoms with Crippen molar-refractivity contribution in [2.24, 2.45) is 0 Å². The third-order valence-electron chi connectivity index (χ3n) is 2.64. The van der Waals surface area contributed by atoms with E-state index in [1.807, 2.05) is 24.7 Å². The minimum absolute atomic E-state index is 0.303. The van der Waals surface area contributed by atoms with Crippen molar-refractivity contribution in [2.45, 2.75) is 23.6 Å². The second kappa shape index (κ2) is 6.43. The van der Waals surface area contributed by atoms with Crippen LogP contribution in [0.3, 0.4) is 0 Å². The van der Waals surface area contributed by atoms with E-state index in [1.165, 1.54) is 7.11 Å². The van der Waals surface area contributed by atoms with Crippen LogP contribution >= 0.6 is 11.8 Å². The van der Waals surface area contributed by atoms with E-state index in [0.29, 0.717) is 10.8 Å². The topological polar surface area (TPSA) is 44.1 Å². The summed E-state index contributed by atoms with van der Waals surface area (Å²) in [4.78, 5) is 16.5. The number of hydrogen-bond acceptors (Lipinski definition) is 4. The summed E-state index contributed by atoms with van der Waals surface area (Å²) in [5.74, 6) is -0.303. The lowest BCUT2D eigenvalue weighted by atomic mass is 10.2. The molecule has 1 heterocycles. The number of aromatic nitrogens is 2. The van der Waals surface area contributed by atoms with Gasteiger partial charge in [0.15, 0.2) is 0 Å². The summed E-state index contributed by atoms with van der Waals surface area (Å²) in [6.45, 7) is 3.07. The SMILES string of the molecule is COC(=O)c1ccc(SC(C)Cn2ccnc2)cc1. The quantitative estimate of drug-likeness (QED) is 0.622. The Morgan fingerprint density at radius 1 is 1.42 bits per heavy atom. The van der Waals surface area contributed by atoms with Gasteiger partial charge in [0.2, 0.25) is 0 Å². The van der Waals surface area contributed by atoms with Gasteiger partial charge in [0.1, 0.15) is 0 Å². The van der Waals surface area contributed by atoms with Crippen LogP contribution in [0.2, 0.25) is 0 Å². The average Bonchev–Trinajstić information content (AvgIpc) is 2.91. The Hall–Kier alpha value is -1.75. The van der Waals surface area contributed by atoms with E-state index >= 15 is 0 Å². The number of ether oxygens (including phenoxy) is 1. The molecule has 0 aliphatic carbocycles. The van der Waals surface area contributed by atoms with Gasteiger partial charge in [0, 0.05) is 29.1 Å². The van der Waals surface area contributed by atoms with Gasteiger partial charge in [-0.3, -0.25) is 0 Å². The molecule has 0 N–H and O–H groups in total. The first kappa shape index (κ1) is 13.7. The fourth-order valence-corrected chi connectivity index (χ4v) is 2.75. The standard InChI is InChI=1S/C14H16N2O2S/c1-11(9-16-8-7-15-10-16)19-13-5-3-12(4-6-13)14(17)18-2/h3-8,10-11H,9H2,1-2H3. The fourth-order valence-electron chi connectivity index (χ4n) is 1.75. The molecule has 1 aromatic heterocycles. The van der Waals surface area contributed by atoms with Gasteiger partial charge in [0.25, 0.3) is 0 Å². The molecule has 2 rings (SSSR count). The predicted octanol–water partition coefficient (Wildman–Crippen LogP) is 2.85. The fraction of sp³-hybridized carbons (Fsp3) is 0.286. The van der Waals surface area contributed by atoms with Gasteiger partial charge in [-0.25, -0.2) is 9.78 Å². The van der Waals surface area contributed by atoms with Gasteiger partial charge in [-0.15, -0.1) is 11.8 Å². The first-order valence-corrected chi connectivity index (χ1v) is 6.88. The number of esters is 1. The normalized spacial score (nSPS) is 12.1. The summed E-state index contributed by atoms with van der Waals surface area (Å²) < 4.78 is 6.73. The van der Waals surface area contributed by atoms with Gasteiger partial charge < -0.3 is 9.30 Å². The average molecular weight is 276 g/mol. The number of carbonyl (C=O) groups excluding carboxylic acids is 1. The summed E-state index contributed by atoms with van der Waals surface area (Å²) in [6.07, 6.45) is 5.55. The van der Waals surface area contributed by atoms with Crippen LogP contribution in [0.1, 0.15) is 17.3 Å². The highest BCUT2D eigenvalue weighted by atomic mass is 32.2. The van der Waals surface area contributed by atoms with Gasteiger partial charge in [-0.1, -0.05) is 6.92 Å². The third kappa shape index (κ3) is 3.86. The number of nitrogens with zero attached hydrogens (tertiary/aromatic N) is 2. The van der Waals surface area contributed by atoms with E-state index in [4.69, 9.17) is 0 Å². The molecular weight excluding hydrogens is 260 g/mol. The van der Waals surface area contributed by atoms with Crippen molar-refractivity contribution in [2.75, 3.05) is 7.11 Å². The molecule has 1 atom stereocenters. The Balaban J connectivity index is 1.93. The Bertz CT molecular complexity index is 523. The Morgan fingerprint density at radius 2 is 2.16 bits per heavy atom. The number of benzene rings is 1. The highest BCUT2D eigenvalue weighted by molar-refractivity contribution is 7.99. The van der Waals surface area contributed by atoms with Gasteiger partial charge in [0.05, 0.1) is 19.0 Å². The van der Waals surface area contributed by atoms with Crippen LogP contribution in [-0.4, -0.2) is 27.9 Å². The van der Waals surface area contributed by atoms with Crippen molar-refractivity contribution in [1.82, 2.24) is 9.55 Å². The molecule has 0 fully saturated rings. The zero-order chi connectivity index (χ0) is 13.7. The van der Waals surface area contributed by atoms with Crippen LogP contribution in [0.15, 0.2) is 47.9 Å². The number of rotatable bonds is 5. The van der Waals surface area contributed by atoms with Crippen molar-refractivity contribution in [3.8, 4) is 0 Å². The van der Waals surface area contributed by atoms with E-state index in [-0.39, 0.29) is 5.97 Å². The summed E-state index contributed by atoms with van der Waals surface area (Å²) >= 11 is 1.77. The van der Waals surface area contributed by atoms with Gasteiger partial charge >= 0.3 is 5.97 Å². The zero-order valence-corrected chi connectivity index (χ0v) is 11.8. The van der Waals surface area contributed by atoms with Crippen LogP contribution < -0.4 is 0 Å². The molecule has 1 aromatic carbocycles. The maximum absolute atomic E-state index is 11.3. The highest BCUT2D eigenvalue weighted by Crippen LogP contribution is 2.24. The van der Waals surface area contributed by atoms with Crippen molar-refractivity contribution in [3.63, 3.8) is 0 Å². The maximum Gasteiger partial charge on any atom is 0.337 e. The minimum atomic E-state index is -0.303. The molecule has 0 aliphatic heterocycles. The zero-order valence-electron chi connectivity index (χ0n) is 10.9. The molecule has 19 heavy (non-hydrogen) atoms. The molecule has 5 heteroatoms. The van der Waals surface area contributed by atoms with Crippen LogP contribution in [0.4, 0.5) is 0 Å². The van der Waals surface area contributed by atoms with Crippen molar-refractivity contribution >= 4 is 17.7 Å². The molecule has 0 amide bonds. The minimum Gasteiger partial charge on any atom is -0.465 e. The van der Waals surface area contributed by atoms with E-state index in [2.05, 4.69) is 21.2 Å². The summed E-state index contributed by atoms with van der Waals surface area (Å²) in [7, 11) is 1.39. The number of carbonyl (C=O) groups is 1. The number of imidazole rings is 1. The molecule has 0 spiro atoms. The lowest BCUT2D eigenvalue weighted by molar-refractivity contribution is 0.0600. The Labute approximate surface area is 116 Å². The summed E-state index contributed by atoms with van der Waals surface area (Å²) in [5.41, 5.74) is 0.578. The summed E-state index contributed by atoms with van der Waals surface area (Å²) in [6, 6.07) is 7.47. The van der Waals surface area contributed by atoms with Crippen LogP contribution in [-0.2, 0) is 11.3 Å². The lowest BCUT2D eigenvalue weighted by Crippen LogP contribution is -2.07. The second-order valence-corrected chi connectivity index (χ2v) is 5.72. The van der Waals surface area contributed by atoms with Crippen molar-refractivity contribution < 1.29 is 9.53 Å². The molecule has 4 nitrogen and oxygen atoms in total. The monoisotopic (exact) mass is 276 g/mol. The van der Waals surface area contributed by atoms with Crippen molar-refractivity contribution in [3.05, 3.63) is 48.5 Å². The Morgan fingerprint density at radius 3 is 2.74 bits per heavy atom. The van der Waals surface area contributed by atoms with E-state index in [1.54, 1.807) is 30.1 Å². The van der Waals surface area contributed by atoms with Crippen molar-refractivity contribution in [1.29, 1.82) is 0 Å². The van der Waals surface area contributed by atoms with E-state index in [0.717, 1.165) is 11.4 Å². The van der Waals surface area contributed by atoms with Crippen LogP contribution in [0.5, 0.6) is 0 Å². The predicted molar refractivity (Wildman–Crippen MR) is 75.3 cm³/mol. The van der Waals surface area contributed by atoms with E-state index in [9.17, 15) is 4.79 Å². The smallest absolute Gasteiger partial charge is 0.337 e. The second-order valence-electron chi connectivity index (χ2n) is 4.20. The molecule has 0 bridgehead atoms.